The SMILES string of the molecule is C=CCCOCCNC(=O)c1cccc(=O)[nH]1. The topological polar surface area (TPSA) is 71.2 Å². The smallest absolute Gasteiger partial charge is 0.267 e. The minimum Gasteiger partial charge on any atom is -0.379 e. The fourth-order valence-electron chi connectivity index (χ4n) is 1.18. The van der Waals surface area contributed by atoms with Gasteiger partial charge in [-0.25, -0.2) is 0 Å². The molecule has 5 heteroatoms. The van der Waals surface area contributed by atoms with E-state index in [1.165, 1.54) is 12.1 Å². The number of amides is 1. The Bertz CT molecular complexity index is 426. The summed E-state index contributed by atoms with van der Waals surface area (Å²) < 4.78 is 5.23. The van der Waals surface area contributed by atoms with E-state index in [2.05, 4.69) is 16.9 Å². The maximum Gasteiger partial charge on any atom is 0.267 e. The van der Waals surface area contributed by atoms with Crippen LogP contribution in [0.15, 0.2) is 35.6 Å². The third kappa shape index (κ3) is 5.12. The molecule has 1 aromatic heterocycles. The van der Waals surface area contributed by atoms with Crippen LogP contribution in [-0.2, 0) is 4.74 Å². The molecule has 2 N–H and O–H groups in total. The van der Waals surface area contributed by atoms with Crippen LogP contribution in [0.4, 0.5) is 0 Å². The van der Waals surface area contributed by atoms with E-state index < -0.39 is 0 Å². The molecule has 1 rings (SSSR count). The van der Waals surface area contributed by atoms with Gasteiger partial charge in [-0.05, 0) is 12.5 Å². The Balaban J connectivity index is 2.26. The van der Waals surface area contributed by atoms with Crippen LogP contribution in [0.5, 0.6) is 0 Å². The highest BCUT2D eigenvalue weighted by Crippen LogP contribution is 1.89. The first kappa shape index (κ1) is 13.2. The van der Waals surface area contributed by atoms with Gasteiger partial charge in [0.25, 0.3) is 5.91 Å². The first-order chi connectivity index (χ1) is 8.24. The summed E-state index contributed by atoms with van der Waals surface area (Å²) in [6, 6.07) is 4.44. The molecule has 1 heterocycles. The molecular weight excluding hydrogens is 220 g/mol. The molecule has 0 aliphatic carbocycles. The van der Waals surface area contributed by atoms with Crippen molar-refractivity contribution in [2.75, 3.05) is 19.8 Å². The average Bonchev–Trinajstić information content (AvgIpc) is 2.33. The van der Waals surface area contributed by atoms with Gasteiger partial charge in [-0.15, -0.1) is 6.58 Å². The zero-order chi connectivity index (χ0) is 12.5. The van der Waals surface area contributed by atoms with Crippen LogP contribution >= 0.6 is 0 Å². The van der Waals surface area contributed by atoms with Crippen molar-refractivity contribution in [2.45, 2.75) is 6.42 Å². The number of rotatable bonds is 7. The van der Waals surface area contributed by atoms with Gasteiger partial charge in [0.1, 0.15) is 5.69 Å². The quantitative estimate of drug-likeness (QED) is 0.540. The number of carbonyl (C=O) groups is 1. The normalized spacial score (nSPS) is 9.88. The minimum atomic E-state index is -0.310. The lowest BCUT2D eigenvalue weighted by atomic mass is 10.3. The molecule has 0 radical (unpaired) electrons. The molecule has 1 aromatic rings. The van der Waals surface area contributed by atoms with Crippen molar-refractivity contribution in [2.24, 2.45) is 0 Å². The molecule has 0 spiro atoms. The number of H-pyrrole nitrogens is 1. The number of nitrogens with one attached hydrogen (secondary N) is 2. The van der Waals surface area contributed by atoms with Crippen molar-refractivity contribution in [1.82, 2.24) is 10.3 Å². The molecular formula is C12H16N2O3. The van der Waals surface area contributed by atoms with E-state index in [0.717, 1.165) is 6.42 Å². The molecule has 0 saturated heterocycles. The maximum absolute atomic E-state index is 11.5. The number of aromatic amines is 1. The van der Waals surface area contributed by atoms with Crippen molar-refractivity contribution >= 4 is 5.91 Å². The van der Waals surface area contributed by atoms with E-state index in [9.17, 15) is 9.59 Å². The average molecular weight is 236 g/mol. The molecule has 0 saturated carbocycles. The Hall–Kier alpha value is -1.88. The second-order valence-corrected chi connectivity index (χ2v) is 3.37. The largest absolute Gasteiger partial charge is 0.379 e. The number of pyridine rings is 1. The summed E-state index contributed by atoms with van der Waals surface area (Å²) in [6.07, 6.45) is 2.56. The fourth-order valence-corrected chi connectivity index (χ4v) is 1.18. The summed E-state index contributed by atoms with van der Waals surface area (Å²) in [7, 11) is 0. The van der Waals surface area contributed by atoms with Gasteiger partial charge in [0.05, 0.1) is 13.2 Å². The van der Waals surface area contributed by atoms with Crippen LogP contribution < -0.4 is 10.9 Å². The van der Waals surface area contributed by atoms with E-state index in [1.807, 2.05) is 0 Å². The molecule has 5 nitrogen and oxygen atoms in total. The zero-order valence-electron chi connectivity index (χ0n) is 9.57. The van der Waals surface area contributed by atoms with Gasteiger partial charge in [-0.2, -0.15) is 0 Å². The highest BCUT2D eigenvalue weighted by atomic mass is 16.5. The van der Waals surface area contributed by atoms with Crippen LogP contribution in [0.1, 0.15) is 16.9 Å². The minimum absolute atomic E-state index is 0.253. The molecule has 0 aliphatic rings. The molecule has 0 aromatic carbocycles. The number of carbonyl (C=O) groups excluding carboxylic acids is 1. The van der Waals surface area contributed by atoms with Crippen molar-refractivity contribution in [3.8, 4) is 0 Å². The van der Waals surface area contributed by atoms with Gasteiger partial charge in [0, 0.05) is 12.6 Å². The van der Waals surface area contributed by atoms with E-state index in [-0.39, 0.29) is 17.2 Å². The predicted octanol–water partition coefficient (Wildman–Crippen LogP) is 0.697. The predicted molar refractivity (Wildman–Crippen MR) is 65.0 cm³/mol. The van der Waals surface area contributed by atoms with Crippen LogP contribution in [0.2, 0.25) is 0 Å². The highest BCUT2D eigenvalue weighted by molar-refractivity contribution is 5.92. The van der Waals surface area contributed by atoms with Crippen molar-refractivity contribution < 1.29 is 9.53 Å². The first-order valence-corrected chi connectivity index (χ1v) is 5.40. The molecule has 17 heavy (non-hydrogen) atoms. The van der Waals surface area contributed by atoms with Gasteiger partial charge in [0.2, 0.25) is 5.56 Å². The Kier molecular flexibility index (Phi) is 5.74. The number of hydrogen-bond acceptors (Lipinski definition) is 3. The summed E-state index contributed by atoms with van der Waals surface area (Å²) in [5.41, 5.74) is -0.0384. The third-order valence-corrected chi connectivity index (χ3v) is 2.01. The number of aromatic nitrogens is 1. The highest BCUT2D eigenvalue weighted by Gasteiger charge is 2.04. The third-order valence-electron chi connectivity index (χ3n) is 2.01. The summed E-state index contributed by atoms with van der Waals surface area (Å²) in [6.45, 7) is 5.02. The van der Waals surface area contributed by atoms with Crippen LogP contribution in [0, 0.1) is 0 Å². The molecule has 0 unspecified atom stereocenters. The van der Waals surface area contributed by atoms with Crippen LogP contribution in [0.3, 0.4) is 0 Å². The summed E-state index contributed by atoms with van der Waals surface area (Å²) in [5.74, 6) is -0.310. The van der Waals surface area contributed by atoms with E-state index in [0.29, 0.717) is 19.8 Å². The van der Waals surface area contributed by atoms with Crippen LogP contribution in [0.25, 0.3) is 0 Å². The van der Waals surface area contributed by atoms with Gasteiger partial charge in [-0.3, -0.25) is 9.59 Å². The fraction of sp³-hybridized carbons (Fsp3) is 0.333. The maximum atomic E-state index is 11.5. The van der Waals surface area contributed by atoms with E-state index in [4.69, 9.17) is 4.74 Å². The zero-order valence-corrected chi connectivity index (χ0v) is 9.57. The lowest BCUT2D eigenvalue weighted by Gasteiger charge is -2.05. The van der Waals surface area contributed by atoms with Gasteiger partial charge < -0.3 is 15.0 Å². The Morgan fingerprint density at radius 2 is 2.29 bits per heavy atom. The second kappa shape index (κ2) is 7.40. The van der Waals surface area contributed by atoms with E-state index in [1.54, 1.807) is 12.1 Å². The Labute approximate surface area is 99.5 Å². The van der Waals surface area contributed by atoms with Gasteiger partial charge in [0.15, 0.2) is 0 Å². The molecule has 1 amide bonds. The Morgan fingerprint density at radius 3 is 3.00 bits per heavy atom. The lowest BCUT2D eigenvalue weighted by molar-refractivity contribution is 0.0913. The summed E-state index contributed by atoms with van der Waals surface area (Å²) in [4.78, 5) is 25.0. The summed E-state index contributed by atoms with van der Waals surface area (Å²) in [5, 5.41) is 2.64. The van der Waals surface area contributed by atoms with Gasteiger partial charge in [-0.1, -0.05) is 12.1 Å². The molecule has 0 aliphatic heterocycles. The van der Waals surface area contributed by atoms with E-state index >= 15 is 0 Å². The van der Waals surface area contributed by atoms with Crippen molar-refractivity contribution in [1.29, 1.82) is 0 Å². The van der Waals surface area contributed by atoms with Crippen molar-refractivity contribution in [3.63, 3.8) is 0 Å². The molecule has 92 valence electrons. The molecule has 0 fully saturated rings. The first-order valence-electron chi connectivity index (χ1n) is 5.40. The molecule has 0 bridgehead atoms. The summed E-state index contributed by atoms with van der Waals surface area (Å²) >= 11 is 0. The molecule has 0 atom stereocenters. The van der Waals surface area contributed by atoms with Crippen molar-refractivity contribution in [3.05, 3.63) is 46.9 Å². The standard InChI is InChI=1S/C12H16N2O3/c1-2-3-8-17-9-7-13-12(16)10-5-4-6-11(15)14-10/h2,4-6H,1,3,7-9H2,(H,13,16)(H,14,15). The number of hydrogen-bond donors (Lipinski definition) is 2. The number of ether oxygens (including phenoxy) is 1. The van der Waals surface area contributed by atoms with Crippen LogP contribution in [-0.4, -0.2) is 30.6 Å². The second-order valence-electron chi connectivity index (χ2n) is 3.37. The lowest BCUT2D eigenvalue weighted by Crippen LogP contribution is -2.29. The van der Waals surface area contributed by atoms with Gasteiger partial charge >= 0.3 is 0 Å². The monoisotopic (exact) mass is 236 g/mol. The Morgan fingerprint density at radius 1 is 1.47 bits per heavy atom.